The third-order valence-electron chi connectivity index (χ3n) is 6.26. The van der Waals surface area contributed by atoms with Crippen LogP contribution in [0.25, 0.3) is 0 Å². The molecule has 0 spiro atoms. The zero-order valence-corrected chi connectivity index (χ0v) is 16.0. The maximum Gasteiger partial charge on any atom is 0.243 e. The Morgan fingerprint density at radius 3 is 2.27 bits per heavy atom. The first-order chi connectivity index (χ1) is 12.4. The van der Waals surface area contributed by atoms with Crippen LogP contribution in [-0.4, -0.2) is 55.8 Å². The molecule has 1 heterocycles. The molecule has 26 heavy (non-hydrogen) atoms. The van der Waals surface area contributed by atoms with Crippen molar-refractivity contribution in [2.24, 2.45) is 11.8 Å². The van der Waals surface area contributed by atoms with Gasteiger partial charge >= 0.3 is 0 Å². The number of carbonyl (C=O) groups is 1. The second kappa shape index (κ2) is 6.94. The highest BCUT2D eigenvalue weighted by atomic mass is 32.2. The number of amides is 1. The molecule has 1 aromatic rings. The van der Waals surface area contributed by atoms with E-state index in [1.54, 1.807) is 28.6 Å². The van der Waals surface area contributed by atoms with Crippen molar-refractivity contribution in [3.8, 4) is 0 Å². The summed E-state index contributed by atoms with van der Waals surface area (Å²) in [6.45, 7) is 4.21. The lowest BCUT2D eigenvalue weighted by molar-refractivity contribution is -0.114. The molecule has 1 saturated heterocycles. The molecule has 142 valence electrons. The first kappa shape index (κ1) is 17.9. The lowest BCUT2D eigenvalue weighted by Crippen LogP contribution is -2.53. The van der Waals surface area contributed by atoms with E-state index in [2.05, 4.69) is 10.2 Å². The largest absolute Gasteiger partial charge is 0.326 e. The summed E-state index contributed by atoms with van der Waals surface area (Å²) < 4.78 is 27.4. The summed E-state index contributed by atoms with van der Waals surface area (Å²) in [5.41, 5.74) is 0.609. The van der Waals surface area contributed by atoms with Gasteiger partial charge in [0.15, 0.2) is 0 Å². The van der Waals surface area contributed by atoms with Gasteiger partial charge in [-0.1, -0.05) is 6.42 Å². The van der Waals surface area contributed by atoms with Crippen LogP contribution in [0.4, 0.5) is 5.69 Å². The van der Waals surface area contributed by atoms with Crippen molar-refractivity contribution < 1.29 is 13.2 Å². The van der Waals surface area contributed by atoms with Crippen LogP contribution >= 0.6 is 0 Å². The highest BCUT2D eigenvalue weighted by Crippen LogP contribution is 2.46. The van der Waals surface area contributed by atoms with E-state index in [0.29, 0.717) is 29.7 Å². The fourth-order valence-electron chi connectivity index (χ4n) is 5.00. The topological polar surface area (TPSA) is 69.7 Å². The van der Waals surface area contributed by atoms with Crippen LogP contribution in [0, 0.1) is 11.8 Å². The Morgan fingerprint density at radius 2 is 1.73 bits per heavy atom. The molecular formula is C19H27N3O3S. The molecule has 2 bridgehead atoms. The molecule has 2 saturated carbocycles. The van der Waals surface area contributed by atoms with Crippen molar-refractivity contribution in [2.45, 2.75) is 43.5 Å². The van der Waals surface area contributed by atoms with E-state index in [-0.39, 0.29) is 5.91 Å². The van der Waals surface area contributed by atoms with Crippen LogP contribution in [0.15, 0.2) is 29.2 Å². The molecule has 2 aliphatic carbocycles. The van der Waals surface area contributed by atoms with Crippen LogP contribution in [0.2, 0.25) is 0 Å². The van der Waals surface area contributed by atoms with Crippen LogP contribution in [0.1, 0.15) is 32.6 Å². The summed E-state index contributed by atoms with van der Waals surface area (Å²) in [6, 6.07) is 7.10. The van der Waals surface area contributed by atoms with E-state index >= 15 is 0 Å². The molecule has 4 rings (SSSR count). The number of anilines is 1. The van der Waals surface area contributed by atoms with Crippen LogP contribution < -0.4 is 5.32 Å². The molecule has 0 aromatic heterocycles. The average molecular weight is 378 g/mol. The predicted molar refractivity (Wildman–Crippen MR) is 100 cm³/mol. The minimum atomic E-state index is -3.47. The number of fused-ring (bicyclic) bond motifs is 2. The zero-order valence-electron chi connectivity index (χ0n) is 15.2. The summed E-state index contributed by atoms with van der Waals surface area (Å²) in [7, 11) is -3.47. The summed E-state index contributed by atoms with van der Waals surface area (Å²) in [5, 5.41) is 2.66. The van der Waals surface area contributed by atoms with Gasteiger partial charge in [0.2, 0.25) is 15.9 Å². The third-order valence-corrected chi connectivity index (χ3v) is 8.17. The van der Waals surface area contributed by atoms with Crippen molar-refractivity contribution in [3.63, 3.8) is 0 Å². The average Bonchev–Trinajstić information content (AvgIpc) is 3.25. The number of sulfonamides is 1. The minimum absolute atomic E-state index is 0.169. The molecule has 1 aromatic carbocycles. The van der Waals surface area contributed by atoms with Crippen LogP contribution in [-0.2, 0) is 14.8 Å². The molecule has 6 nitrogen and oxygen atoms in total. The Bertz CT molecular complexity index is 770. The van der Waals surface area contributed by atoms with E-state index in [9.17, 15) is 13.2 Å². The Kier molecular flexibility index (Phi) is 4.79. The Morgan fingerprint density at radius 1 is 1.04 bits per heavy atom. The maximum atomic E-state index is 12.9. The molecule has 1 N–H and O–H groups in total. The molecule has 3 fully saturated rings. The Balaban J connectivity index is 1.39. The zero-order chi connectivity index (χ0) is 18.3. The van der Waals surface area contributed by atoms with Gasteiger partial charge in [0.05, 0.1) is 4.90 Å². The highest BCUT2D eigenvalue weighted by Gasteiger charge is 2.43. The van der Waals surface area contributed by atoms with Gasteiger partial charge in [0.25, 0.3) is 0 Å². The van der Waals surface area contributed by atoms with Gasteiger partial charge in [-0.25, -0.2) is 8.42 Å². The fourth-order valence-corrected chi connectivity index (χ4v) is 6.42. The molecule has 1 aliphatic heterocycles. The van der Waals surface area contributed by atoms with Crippen molar-refractivity contribution >= 4 is 21.6 Å². The van der Waals surface area contributed by atoms with E-state index in [4.69, 9.17) is 0 Å². The number of rotatable bonds is 4. The number of hydrogen-bond donors (Lipinski definition) is 1. The highest BCUT2D eigenvalue weighted by molar-refractivity contribution is 7.89. The van der Waals surface area contributed by atoms with E-state index in [0.717, 1.165) is 24.9 Å². The second-order valence-corrected chi connectivity index (χ2v) is 9.83. The van der Waals surface area contributed by atoms with Gasteiger partial charge in [0.1, 0.15) is 0 Å². The molecule has 0 radical (unpaired) electrons. The number of nitrogens with zero attached hydrogens (tertiary/aromatic N) is 2. The molecule has 3 aliphatic rings. The lowest BCUT2D eigenvalue weighted by Gasteiger charge is -2.40. The van der Waals surface area contributed by atoms with E-state index in [1.807, 2.05) is 0 Å². The number of piperazine rings is 1. The van der Waals surface area contributed by atoms with Gasteiger partial charge in [0, 0.05) is 44.8 Å². The van der Waals surface area contributed by atoms with Crippen molar-refractivity contribution in [1.82, 2.24) is 9.21 Å². The number of benzene rings is 1. The first-order valence-corrected chi connectivity index (χ1v) is 11.0. The van der Waals surface area contributed by atoms with Gasteiger partial charge in [-0.15, -0.1) is 0 Å². The van der Waals surface area contributed by atoms with Crippen molar-refractivity contribution in [1.29, 1.82) is 0 Å². The van der Waals surface area contributed by atoms with E-state index < -0.39 is 10.0 Å². The summed E-state index contributed by atoms with van der Waals surface area (Å²) >= 11 is 0. The fraction of sp³-hybridized carbons (Fsp3) is 0.632. The smallest absolute Gasteiger partial charge is 0.243 e. The summed E-state index contributed by atoms with van der Waals surface area (Å²) in [4.78, 5) is 13.9. The Hall–Kier alpha value is -1.44. The summed E-state index contributed by atoms with van der Waals surface area (Å²) in [5.74, 6) is 1.58. The van der Waals surface area contributed by atoms with Gasteiger partial charge < -0.3 is 5.32 Å². The van der Waals surface area contributed by atoms with Gasteiger partial charge in [-0.2, -0.15) is 4.31 Å². The second-order valence-electron chi connectivity index (χ2n) is 7.89. The predicted octanol–water partition coefficient (Wildman–Crippen LogP) is 2.14. The minimum Gasteiger partial charge on any atom is -0.326 e. The van der Waals surface area contributed by atoms with Gasteiger partial charge in [-0.3, -0.25) is 9.69 Å². The monoisotopic (exact) mass is 377 g/mol. The normalized spacial score (nSPS) is 29.8. The van der Waals surface area contributed by atoms with E-state index in [1.165, 1.54) is 32.6 Å². The van der Waals surface area contributed by atoms with Gasteiger partial charge in [-0.05, 0) is 55.4 Å². The van der Waals surface area contributed by atoms with Crippen molar-refractivity contribution in [2.75, 3.05) is 31.5 Å². The molecular weight excluding hydrogens is 350 g/mol. The Labute approximate surface area is 155 Å². The summed E-state index contributed by atoms with van der Waals surface area (Å²) in [6.07, 6.45) is 5.43. The van der Waals surface area contributed by atoms with Crippen LogP contribution in [0.3, 0.4) is 0 Å². The maximum absolute atomic E-state index is 12.9. The quantitative estimate of drug-likeness (QED) is 0.873. The van der Waals surface area contributed by atoms with Crippen LogP contribution in [0.5, 0.6) is 0 Å². The number of carbonyl (C=O) groups excluding carboxylic acids is 1. The molecule has 3 atom stereocenters. The molecule has 0 unspecified atom stereocenters. The standard InChI is InChI=1S/C19H27N3O3S/c1-14(23)20-17-4-6-18(7-5-17)26(24,25)22-10-8-21(9-11-22)19-13-15-2-3-16(19)12-15/h4-7,15-16,19H,2-3,8-13H2,1H3,(H,20,23)/t15-,16-,19+/m1/s1. The third kappa shape index (κ3) is 3.40. The SMILES string of the molecule is CC(=O)Nc1ccc(S(=O)(=O)N2CCN([C@H]3C[C@@H]4CC[C@@H]3C4)CC2)cc1. The van der Waals surface area contributed by atoms with Crippen molar-refractivity contribution in [3.05, 3.63) is 24.3 Å². The lowest BCUT2D eigenvalue weighted by atomic mass is 9.93. The molecule has 1 amide bonds. The number of nitrogens with one attached hydrogen (secondary N) is 1. The number of hydrogen-bond acceptors (Lipinski definition) is 4. The first-order valence-electron chi connectivity index (χ1n) is 9.55. The molecule has 7 heteroatoms.